The van der Waals surface area contributed by atoms with Gasteiger partial charge in [0.2, 0.25) is 0 Å². The number of rotatable bonds is 3. The summed E-state index contributed by atoms with van der Waals surface area (Å²) in [7, 11) is 0. The molecule has 0 aliphatic rings. The van der Waals surface area contributed by atoms with Gasteiger partial charge in [0.15, 0.2) is 0 Å². The van der Waals surface area contributed by atoms with E-state index in [9.17, 15) is 4.79 Å². The monoisotopic (exact) mass is 250 g/mol. The van der Waals surface area contributed by atoms with Gasteiger partial charge in [0.25, 0.3) is 0 Å². The summed E-state index contributed by atoms with van der Waals surface area (Å²) in [4.78, 5) is 10.5. The molecule has 0 unspecified atom stereocenters. The van der Waals surface area contributed by atoms with E-state index in [-0.39, 0.29) is 6.54 Å². The molecule has 0 atom stereocenters. The normalized spacial score (nSPS) is 10.2. The maximum atomic E-state index is 10.5. The Balaban J connectivity index is 2.12. The lowest BCUT2D eigenvalue weighted by atomic mass is 10.2. The summed E-state index contributed by atoms with van der Waals surface area (Å²) in [5, 5.41) is 3.14. The Labute approximate surface area is 103 Å². The molecule has 2 aromatic rings. The molecule has 0 aliphatic carbocycles. The van der Waals surface area contributed by atoms with Crippen molar-refractivity contribution in [2.75, 3.05) is 0 Å². The lowest BCUT2D eigenvalue weighted by Gasteiger charge is -1.99. The van der Waals surface area contributed by atoms with Gasteiger partial charge in [-0.1, -0.05) is 11.6 Å². The molecular formula is C12H11ClN2O2. The predicted octanol–water partition coefficient (Wildman–Crippen LogP) is 2.77. The topological polar surface area (TPSA) is 68.3 Å². The number of urea groups is 1. The molecule has 1 aromatic heterocycles. The molecule has 1 aromatic carbocycles. The Kier molecular flexibility index (Phi) is 3.35. The van der Waals surface area contributed by atoms with Crippen molar-refractivity contribution >= 4 is 17.6 Å². The minimum Gasteiger partial charge on any atom is -0.459 e. The second-order valence-corrected chi connectivity index (χ2v) is 3.93. The first-order valence-electron chi connectivity index (χ1n) is 5.03. The van der Waals surface area contributed by atoms with Crippen LogP contribution < -0.4 is 11.1 Å². The fourth-order valence-corrected chi connectivity index (χ4v) is 1.54. The van der Waals surface area contributed by atoms with Crippen molar-refractivity contribution < 1.29 is 9.21 Å². The molecule has 0 saturated heterocycles. The van der Waals surface area contributed by atoms with Gasteiger partial charge in [-0.2, -0.15) is 0 Å². The molecule has 3 N–H and O–H groups in total. The molecule has 2 amide bonds. The Bertz CT molecular complexity index is 520. The number of benzene rings is 1. The van der Waals surface area contributed by atoms with E-state index in [0.717, 1.165) is 11.3 Å². The van der Waals surface area contributed by atoms with Crippen molar-refractivity contribution in [3.05, 3.63) is 47.2 Å². The summed E-state index contributed by atoms with van der Waals surface area (Å²) in [5.74, 6) is 1.37. The number of amides is 2. The average molecular weight is 251 g/mol. The lowest BCUT2D eigenvalue weighted by Crippen LogP contribution is -2.28. The van der Waals surface area contributed by atoms with Crippen LogP contribution in [0.3, 0.4) is 0 Å². The van der Waals surface area contributed by atoms with Crippen LogP contribution in [-0.2, 0) is 6.54 Å². The minimum absolute atomic E-state index is 0.281. The Hall–Kier alpha value is -1.94. The van der Waals surface area contributed by atoms with E-state index < -0.39 is 6.03 Å². The fraction of sp³-hybridized carbons (Fsp3) is 0.0833. The molecular weight excluding hydrogens is 240 g/mol. The van der Waals surface area contributed by atoms with Crippen LogP contribution in [0.15, 0.2) is 40.8 Å². The highest BCUT2D eigenvalue weighted by atomic mass is 35.5. The molecule has 4 nitrogen and oxygen atoms in total. The molecule has 0 aliphatic heterocycles. The van der Waals surface area contributed by atoms with Crippen molar-refractivity contribution in [1.29, 1.82) is 0 Å². The van der Waals surface area contributed by atoms with Crippen LogP contribution in [0.5, 0.6) is 0 Å². The third-order valence-corrected chi connectivity index (χ3v) is 2.48. The molecule has 17 heavy (non-hydrogen) atoms. The van der Waals surface area contributed by atoms with Crippen LogP contribution in [0.25, 0.3) is 11.3 Å². The summed E-state index contributed by atoms with van der Waals surface area (Å²) >= 11 is 5.80. The van der Waals surface area contributed by atoms with Gasteiger partial charge in [0, 0.05) is 10.6 Å². The number of hydrogen-bond donors (Lipinski definition) is 2. The summed E-state index contributed by atoms with van der Waals surface area (Å²) < 4.78 is 5.55. The second-order valence-electron chi connectivity index (χ2n) is 3.49. The molecule has 0 bridgehead atoms. The Morgan fingerprint density at radius 2 is 1.94 bits per heavy atom. The number of primary amides is 1. The van der Waals surface area contributed by atoms with Crippen molar-refractivity contribution in [2.45, 2.75) is 6.54 Å². The van der Waals surface area contributed by atoms with E-state index in [1.165, 1.54) is 0 Å². The summed E-state index contributed by atoms with van der Waals surface area (Å²) in [6.45, 7) is 0.281. The fourth-order valence-electron chi connectivity index (χ4n) is 1.42. The van der Waals surface area contributed by atoms with Crippen LogP contribution in [0.1, 0.15) is 5.76 Å². The number of nitrogens with one attached hydrogen (secondary N) is 1. The van der Waals surface area contributed by atoms with Gasteiger partial charge in [0.1, 0.15) is 11.5 Å². The van der Waals surface area contributed by atoms with Gasteiger partial charge in [-0.3, -0.25) is 0 Å². The third-order valence-electron chi connectivity index (χ3n) is 2.23. The van der Waals surface area contributed by atoms with Gasteiger partial charge in [-0.15, -0.1) is 0 Å². The van der Waals surface area contributed by atoms with Crippen molar-refractivity contribution in [2.24, 2.45) is 5.73 Å². The smallest absolute Gasteiger partial charge is 0.312 e. The largest absolute Gasteiger partial charge is 0.459 e. The number of nitrogens with two attached hydrogens (primary N) is 1. The third kappa shape index (κ3) is 3.01. The number of carbonyl (C=O) groups is 1. The van der Waals surface area contributed by atoms with E-state index in [2.05, 4.69) is 5.32 Å². The number of halogens is 1. The minimum atomic E-state index is -0.575. The van der Waals surface area contributed by atoms with E-state index in [1.807, 2.05) is 18.2 Å². The molecule has 1 heterocycles. The molecule has 0 saturated carbocycles. The van der Waals surface area contributed by atoms with Gasteiger partial charge >= 0.3 is 6.03 Å². The highest BCUT2D eigenvalue weighted by Gasteiger charge is 2.05. The van der Waals surface area contributed by atoms with Crippen molar-refractivity contribution in [3.8, 4) is 11.3 Å². The zero-order valence-electron chi connectivity index (χ0n) is 8.94. The maximum Gasteiger partial charge on any atom is 0.312 e. The molecule has 5 heteroatoms. The van der Waals surface area contributed by atoms with Crippen molar-refractivity contribution in [1.82, 2.24) is 5.32 Å². The lowest BCUT2D eigenvalue weighted by molar-refractivity contribution is 0.247. The maximum absolute atomic E-state index is 10.5. The van der Waals surface area contributed by atoms with Crippen LogP contribution in [0, 0.1) is 0 Å². The quantitative estimate of drug-likeness (QED) is 0.880. The van der Waals surface area contributed by atoms with E-state index in [1.54, 1.807) is 18.2 Å². The van der Waals surface area contributed by atoms with Crippen LogP contribution in [0.2, 0.25) is 5.02 Å². The Morgan fingerprint density at radius 1 is 1.24 bits per heavy atom. The summed E-state index contributed by atoms with van der Waals surface area (Å²) in [5.41, 5.74) is 5.90. The molecule has 0 radical (unpaired) electrons. The van der Waals surface area contributed by atoms with Gasteiger partial charge in [-0.25, -0.2) is 4.79 Å². The number of hydrogen-bond acceptors (Lipinski definition) is 2. The highest BCUT2D eigenvalue weighted by molar-refractivity contribution is 6.30. The highest BCUT2D eigenvalue weighted by Crippen LogP contribution is 2.23. The average Bonchev–Trinajstić information content (AvgIpc) is 2.76. The molecule has 0 fully saturated rings. The van der Waals surface area contributed by atoms with E-state index >= 15 is 0 Å². The number of furan rings is 1. The summed E-state index contributed by atoms with van der Waals surface area (Å²) in [6, 6.07) is 10.4. The Morgan fingerprint density at radius 3 is 2.59 bits per heavy atom. The van der Waals surface area contributed by atoms with Gasteiger partial charge in [-0.05, 0) is 36.4 Å². The van der Waals surface area contributed by atoms with E-state index in [4.69, 9.17) is 21.8 Å². The van der Waals surface area contributed by atoms with Crippen molar-refractivity contribution in [3.63, 3.8) is 0 Å². The molecule has 88 valence electrons. The van der Waals surface area contributed by atoms with Gasteiger partial charge < -0.3 is 15.5 Å². The molecule has 2 rings (SSSR count). The van der Waals surface area contributed by atoms with E-state index in [0.29, 0.717) is 10.8 Å². The second kappa shape index (κ2) is 4.93. The van der Waals surface area contributed by atoms with Crippen LogP contribution >= 0.6 is 11.6 Å². The SMILES string of the molecule is NC(=O)NCc1ccc(-c2ccc(Cl)cc2)o1. The first-order chi connectivity index (χ1) is 8.15. The first kappa shape index (κ1) is 11.5. The van der Waals surface area contributed by atoms with Crippen LogP contribution in [0.4, 0.5) is 4.79 Å². The zero-order chi connectivity index (χ0) is 12.3. The molecule has 0 spiro atoms. The van der Waals surface area contributed by atoms with Gasteiger partial charge in [0.05, 0.1) is 6.54 Å². The summed E-state index contributed by atoms with van der Waals surface area (Å²) in [6.07, 6.45) is 0. The zero-order valence-corrected chi connectivity index (χ0v) is 9.70. The predicted molar refractivity (Wildman–Crippen MR) is 65.6 cm³/mol. The first-order valence-corrected chi connectivity index (χ1v) is 5.41. The van der Waals surface area contributed by atoms with Crippen LogP contribution in [-0.4, -0.2) is 6.03 Å². The number of carbonyl (C=O) groups excluding carboxylic acids is 1. The standard InChI is InChI=1S/C12H11ClN2O2/c13-9-3-1-8(2-4-9)11-6-5-10(17-11)7-15-12(14)16/h1-6H,7H2,(H3,14,15,16).